The Morgan fingerprint density at radius 1 is 0.941 bits per heavy atom. The van der Waals surface area contributed by atoms with Crippen LogP contribution in [0, 0.1) is 0 Å². The summed E-state index contributed by atoms with van der Waals surface area (Å²) in [6.45, 7) is 0. The van der Waals surface area contributed by atoms with Crippen LogP contribution in [0.15, 0.2) is 36.4 Å². The van der Waals surface area contributed by atoms with Crippen LogP contribution < -0.4 is 0 Å². The lowest BCUT2D eigenvalue weighted by Gasteiger charge is -1.95. The number of aromatic amines is 1. The van der Waals surface area contributed by atoms with Crippen molar-refractivity contribution in [2.75, 3.05) is 0 Å². The zero-order valence-corrected chi connectivity index (χ0v) is 8.94. The second kappa shape index (κ2) is 3.56. The first kappa shape index (κ1) is 9.78. The van der Waals surface area contributed by atoms with Crippen molar-refractivity contribution < 1.29 is 9.59 Å². The van der Waals surface area contributed by atoms with E-state index in [1.807, 2.05) is 18.2 Å². The fraction of sp³-hybridized carbons (Fsp3) is 0. The summed E-state index contributed by atoms with van der Waals surface area (Å²) in [6, 6.07) is 11.0. The number of rotatable bonds is 2. The van der Waals surface area contributed by atoms with Gasteiger partial charge >= 0.3 is 0 Å². The fourth-order valence-electron chi connectivity index (χ4n) is 2.17. The minimum atomic E-state index is 0.622. The van der Waals surface area contributed by atoms with E-state index >= 15 is 0 Å². The number of carbonyl (C=O) groups is 2. The van der Waals surface area contributed by atoms with Crippen LogP contribution in [-0.4, -0.2) is 17.6 Å². The number of aromatic nitrogens is 1. The third kappa shape index (κ3) is 1.36. The summed E-state index contributed by atoms with van der Waals surface area (Å²) >= 11 is 0. The third-order valence-corrected chi connectivity index (χ3v) is 2.94. The summed E-state index contributed by atoms with van der Waals surface area (Å²) in [5, 5.41) is 1.88. The Balaban J connectivity index is 2.50. The highest BCUT2D eigenvalue weighted by Gasteiger charge is 2.08. The number of fused-ring (bicyclic) bond motifs is 3. The molecule has 3 aromatic rings. The maximum atomic E-state index is 11.0. The van der Waals surface area contributed by atoms with Gasteiger partial charge in [0.1, 0.15) is 6.29 Å². The van der Waals surface area contributed by atoms with Gasteiger partial charge in [-0.05, 0) is 12.1 Å². The minimum absolute atomic E-state index is 0.622. The van der Waals surface area contributed by atoms with Crippen molar-refractivity contribution in [3.8, 4) is 0 Å². The zero-order valence-electron chi connectivity index (χ0n) is 8.94. The van der Waals surface area contributed by atoms with Gasteiger partial charge in [0.2, 0.25) is 0 Å². The van der Waals surface area contributed by atoms with Crippen LogP contribution in [0.4, 0.5) is 0 Å². The van der Waals surface area contributed by atoms with Gasteiger partial charge in [0.05, 0.1) is 0 Å². The molecule has 0 saturated heterocycles. The Kier molecular flexibility index (Phi) is 2.05. The molecular weight excluding hydrogens is 214 g/mol. The molecule has 1 heterocycles. The summed E-state index contributed by atoms with van der Waals surface area (Å²) in [5.74, 6) is 0. The van der Waals surface area contributed by atoms with Gasteiger partial charge in [-0.25, -0.2) is 0 Å². The van der Waals surface area contributed by atoms with Crippen LogP contribution >= 0.6 is 0 Å². The molecule has 0 aliphatic carbocycles. The van der Waals surface area contributed by atoms with E-state index in [4.69, 9.17) is 0 Å². The van der Waals surface area contributed by atoms with Crippen molar-refractivity contribution in [3.63, 3.8) is 0 Å². The molecule has 17 heavy (non-hydrogen) atoms. The average molecular weight is 223 g/mol. The third-order valence-electron chi connectivity index (χ3n) is 2.94. The zero-order chi connectivity index (χ0) is 11.8. The first-order valence-corrected chi connectivity index (χ1v) is 5.28. The number of H-pyrrole nitrogens is 1. The van der Waals surface area contributed by atoms with E-state index in [-0.39, 0.29) is 0 Å². The number of nitrogens with one attached hydrogen (secondary N) is 1. The predicted molar refractivity (Wildman–Crippen MR) is 66.6 cm³/mol. The molecule has 0 saturated carbocycles. The van der Waals surface area contributed by atoms with Gasteiger partial charge in [-0.2, -0.15) is 0 Å². The first-order chi connectivity index (χ1) is 8.33. The highest BCUT2D eigenvalue weighted by Crippen LogP contribution is 2.28. The Morgan fingerprint density at radius 3 is 2.59 bits per heavy atom. The second-order valence-corrected chi connectivity index (χ2v) is 3.94. The monoisotopic (exact) mass is 223 g/mol. The summed E-state index contributed by atoms with van der Waals surface area (Å²) in [4.78, 5) is 24.9. The normalized spacial score (nSPS) is 10.8. The van der Waals surface area contributed by atoms with E-state index < -0.39 is 0 Å². The topological polar surface area (TPSA) is 49.9 Å². The van der Waals surface area contributed by atoms with Gasteiger partial charge in [-0.3, -0.25) is 9.59 Å². The molecule has 3 heteroatoms. The van der Waals surface area contributed by atoms with E-state index in [1.165, 1.54) is 0 Å². The summed E-state index contributed by atoms with van der Waals surface area (Å²) in [7, 11) is 0. The van der Waals surface area contributed by atoms with Crippen molar-refractivity contribution in [2.45, 2.75) is 0 Å². The van der Waals surface area contributed by atoms with Gasteiger partial charge in [0, 0.05) is 32.9 Å². The number of carbonyl (C=O) groups excluding carboxylic acids is 2. The van der Waals surface area contributed by atoms with Gasteiger partial charge in [0.25, 0.3) is 0 Å². The molecular formula is C14H9NO2. The SMILES string of the molecule is O=Cc1ccc2c(c1)[nH]c1cccc(C=O)c12. The standard InChI is InChI=1S/C14H9NO2/c16-7-9-4-5-11-13(6-9)15-12-3-1-2-10(8-17)14(11)12/h1-8,15H. The molecule has 0 fully saturated rings. The van der Waals surface area contributed by atoms with E-state index in [9.17, 15) is 9.59 Å². The van der Waals surface area contributed by atoms with Gasteiger partial charge in [0.15, 0.2) is 6.29 Å². The second-order valence-electron chi connectivity index (χ2n) is 3.94. The van der Waals surface area contributed by atoms with Gasteiger partial charge in [-0.15, -0.1) is 0 Å². The molecule has 82 valence electrons. The Morgan fingerprint density at radius 2 is 1.82 bits per heavy atom. The average Bonchev–Trinajstić information content (AvgIpc) is 2.75. The number of hydrogen-bond acceptors (Lipinski definition) is 2. The highest BCUT2D eigenvalue weighted by atomic mass is 16.1. The van der Waals surface area contributed by atoms with E-state index in [0.717, 1.165) is 34.4 Å². The minimum Gasteiger partial charge on any atom is -0.354 e. The molecule has 0 bridgehead atoms. The van der Waals surface area contributed by atoms with Crippen molar-refractivity contribution in [3.05, 3.63) is 47.5 Å². The van der Waals surface area contributed by atoms with Gasteiger partial charge in [-0.1, -0.05) is 24.3 Å². The van der Waals surface area contributed by atoms with Crippen LogP contribution in [0.5, 0.6) is 0 Å². The largest absolute Gasteiger partial charge is 0.354 e. The first-order valence-electron chi connectivity index (χ1n) is 5.28. The van der Waals surface area contributed by atoms with Crippen molar-refractivity contribution in [1.29, 1.82) is 0 Å². The Hall–Kier alpha value is -2.42. The molecule has 2 aromatic carbocycles. The maximum absolute atomic E-state index is 11.0. The smallest absolute Gasteiger partial charge is 0.150 e. The molecule has 0 amide bonds. The molecule has 0 atom stereocenters. The molecule has 0 spiro atoms. The lowest BCUT2D eigenvalue weighted by molar-refractivity contribution is 0.111. The van der Waals surface area contributed by atoms with Crippen LogP contribution in [0.1, 0.15) is 20.7 Å². The Bertz CT molecular complexity index is 740. The molecule has 0 aliphatic rings. The van der Waals surface area contributed by atoms with Crippen molar-refractivity contribution >= 4 is 34.4 Å². The molecule has 3 rings (SSSR count). The lowest BCUT2D eigenvalue weighted by atomic mass is 10.1. The van der Waals surface area contributed by atoms with Gasteiger partial charge < -0.3 is 4.98 Å². The Labute approximate surface area is 97.1 Å². The lowest BCUT2D eigenvalue weighted by Crippen LogP contribution is -1.80. The molecule has 1 N–H and O–H groups in total. The molecule has 0 aliphatic heterocycles. The fourth-order valence-corrected chi connectivity index (χ4v) is 2.17. The number of aldehydes is 2. The number of hydrogen-bond donors (Lipinski definition) is 1. The van der Waals surface area contributed by atoms with Crippen molar-refractivity contribution in [1.82, 2.24) is 4.98 Å². The van der Waals surface area contributed by atoms with E-state index in [0.29, 0.717) is 11.1 Å². The van der Waals surface area contributed by atoms with Crippen LogP contribution in [0.25, 0.3) is 21.8 Å². The molecule has 1 aromatic heterocycles. The van der Waals surface area contributed by atoms with Crippen LogP contribution in [-0.2, 0) is 0 Å². The van der Waals surface area contributed by atoms with Crippen LogP contribution in [0.2, 0.25) is 0 Å². The summed E-state index contributed by atoms with van der Waals surface area (Å²) < 4.78 is 0. The summed E-state index contributed by atoms with van der Waals surface area (Å²) in [6.07, 6.45) is 1.66. The predicted octanol–water partition coefficient (Wildman–Crippen LogP) is 2.95. The maximum Gasteiger partial charge on any atom is 0.150 e. The highest BCUT2D eigenvalue weighted by molar-refractivity contribution is 6.14. The quantitative estimate of drug-likeness (QED) is 0.679. The molecule has 0 unspecified atom stereocenters. The molecule has 0 radical (unpaired) electrons. The number of benzene rings is 2. The van der Waals surface area contributed by atoms with Crippen molar-refractivity contribution in [2.24, 2.45) is 0 Å². The molecule has 3 nitrogen and oxygen atoms in total. The summed E-state index contributed by atoms with van der Waals surface area (Å²) in [5.41, 5.74) is 3.07. The van der Waals surface area contributed by atoms with E-state index in [1.54, 1.807) is 18.2 Å². The van der Waals surface area contributed by atoms with E-state index in [2.05, 4.69) is 4.98 Å². The van der Waals surface area contributed by atoms with Crippen LogP contribution in [0.3, 0.4) is 0 Å².